The van der Waals surface area contributed by atoms with Crippen LogP contribution in [0.15, 0.2) is 0 Å². The van der Waals surface area contributed by atoms with Gasteiger partial charge in [-0.15, -0.1) is 0 Å². The van der Waals surface area contributed by atoms with Crippen molar-refractivity contribution >= 4 is 5.91 Å². The van der Waals surface area contributed by atoms with Gasteiger partial charge in [-0.2, -0.15) is 0 Å². The summed E-state index contributed by atoms with van der Waals surface area (Å²) in [5.74, 6) is 0.779. The summed E-state index contributed by atoms with van der Waals surface area (Å²) < 4.78 is 0. The Morgan fingerprint density at radius 3 is 2.53 bits per heavy atom. The van der Waals surface area contributed by atoms with Gasteiger partial charge in [0.1, 0.15) is 0 Å². The Morgan fingerprint density at radius 2 is 2.07 bits per heavy atom. The van der Waals surface area contributed by atoms with E-state index in [1.54, 1.807) is 11.8 Å². The van der Waals surface area contributed by atoms with Crippen LogP contribution in [0.5, 0.6) is 0 Å². The fourth-order valence-corrected chi connectivity index (χ4v) is 2.05. The Hall–Kier alpha value is -0.610. The second-order valence-corrected chi connectivity index (χ2v) is 4.41. The predicted molar refractivity (Wildman–Crippen MR) is 59.6 cm³/mol. The third-order valence-electron chi connectivity index (χ3n) is 3.19. The van der Waals surface area contributed by atoms with Crippen molar-refractivity contribution in [1.29, 1.82) is 0 Å². The summed E-state index contributed by atoms with van der Waals surface area (Å²) in [4.78, 5) is 15.1. The first-order valence-corrected chi connectivity index (χ1v) is 5.68. The number of hydrogen-bond acceptors (Lipinski definition) is 3. The van der Waals surface area contributed by atoms with Crippen molar-refractivity contribution in [2.24, 2.45) is 5.92 Å². The first-order valence-electron chi connectivity index (χ1n) is 5.68. The molecule has 0 aromatic rings. The van der Waals surface area contributed by atoms with Gasteiger partial charge in [-0.1, -0.05) is 0 Å². The summed E-state index contributed by atoms with van der Waals surface area (Å²) in [5.41, 5.74) is 0. The zero-order valence-electron chi connectivity index (χ0n) is 9.78. The fourth-order valence-electron chi connectivity index (χ4n) is 2.05. The molecule has 4 heteroatoms. The van der Waals surface area contributed by atoms with Crippen molar-refractivity contribution in [3.63, 3.8) is 0 Å². The monoisotopic (exact) mass is 214 g/mol. The van der Waals surface area contributed by atoms with Crippen molar-refractivity contribution in [3.05, 3.63) is 0 Å². The Labute approximate surface area is 91.9 Å². The molecular weight excluding hydrogens is 192 g/mol. The minimum atomic E-state index is 0.146. The number of piperidine rings is 1. The molecule has 0 aromatic heterocycles. The van der Waals surface area contributed by atoms with Crippen molar-refractivity contribution < 1.29 is 9.90 Å². The SMILES string of the molecule is CC(=O)N(C)CC1CCN(CCO)CC1. The molecular formula is C11H22N2O2. The molecule has 1 aliphatic rings. The van der Waals surface area contributed by atoms with Gasteiger partial charge in [0.15, 0.2) is 0 Å². The van der Waals surface area contributed by atoms with E-state index in [0.717, 1.165) is 39.0 Å². The van der Waals surface area contributed by atoms with Gasteiger partial charge in [-0.05, 0) is 31.8 Å². The lowest BCUT2D eigenvalue weighted by molar-refractivity contribution is -0.128. The molecule has 1 amide bonds. The molecule has 4 nitrogen and oxygen atoms in total. The highest BCUT2D eigenvalue weighted by Gasteiger charge is 2.20. The van der Waals surface area contributed by atoms with E-state index in [0.29, 0.717) is 5.92 Å². The van der Waals surface area contributed by atoms with Crippen LogP contribution in [-0.2, 0) is 4.79 Å². The van der Waals surface area contributed by atoms with Gasteiger partial charge in [0.2, 0.25) is 5.91 Å². The number of aliphatic hydroxyl groups is 1. The number of aliphatic hydroxyl groups excluding tert-OH is 1. The number of nitrogens with zero attached hydrogens (tertiary/aromatic N) is 2. The van der Waals surface area contributed by atoms with Crippen molar-refractivity contribution in [1.82, 2.24) is 9.80 Å². The van der Waals surface area contributed by atoms with Gasteiger partial charge in [0.25, 0.3) is 0 Å². The molecule has 0 aromatic carbocycles. The Balaban J connectivity index is 2.22. The zero-order chi connectivity index (χ0) is 11.3. The maximum absolute atomic E-state index is 11.1. The average molecular weight is 214 g/mol. The quantitative estimate of drug-likeness (QED) is 0.725. The lowest BCUT2D eigenvalue weighted by Crippen LogP contribution is -2.39. The van der Waals surface area contributed by atoms with E-state index in [1.165, 1.54) is 0 Å². The highest BCUT2D eigenvalue weighted by molar-refractivity contribution is 5.72. The standard InChI is InChI=1S/C11H22N2O2/c1-10(15)12(2)9-11-3-5-13(6-4-11)7-8-14/h11,14H,3-9H2,1-2H3. The summed E-state index contributed by atoms with van der Waals surface area (Å²) >= 11 is 0. The Bertz CT molecular complexity index is 201. The van der Waals surface area contributed by atoms with E-state index in [9.17, 15) is 4.79 Å². The largest absolute Gasteiger partial charge is 0.395 e. The molecule has 0 saturated carbocycles. The van der Waals surface area contributed by atoms with Crippen LogP contribution >= 0.6 is 0 Å². The third kappa shape index (κ3) is 4.18. The fraction of sp³-hybridized carbons (Fsp3) is 0.909. The van der Waals surface area contributed by atoms with E-state index in [2.05, 4.69) is 4.90 Å². The minimum Gasteiger partial charge on any atom is -0.395 e. The van der Waals surface area contributed by atoms with E-state index in [-0.39, 0.29) is 12.5 Å². The molecule has 0 radical (unpaired) electrons. The van der Waals surface area contributed by atoms with E-state index in [4.69, 9.17) is 5.11 Å². The van der Waals surface area contributed by atoms with Gasteiger partial charge in [-0.3, -0.25) is 4.79 Å². The minimum absolute atomic E-state index is 0.146. The van der Waals surface area contributed by atoms with Gasteiger partial charge in [-0.25, -0.2) is 0 Å². The zero-order valence-corrected chi connectivity index (χ0v) is 9.78. The van der Waals surface area contributed by atoms with Gasteiger partial charge >= 0.3 is 0 Å². The Morgan fingerprint density at radius 1 is 1.47 bits per heavy atom. The number of β-amino-alcohol motifs (C(OH)–C–C–N with tert-alkyl or cyclic N) is 1. The van der Waals surface area contributed by atoms with Crippen LogP contribution in [-0.4, -0.2) is 60.6 Å². The van der Waals surface area contributed by atoms with Crippen molar-refractivity contribution in [3.8, 4) is 0 Å². The van der Waals surface area contributed by atoms with Crippen molar-refractivity contribution in [2.75, 3.05) is 39.8 Å². The molecule has 1 N–H and O–H groups in total. The number of hydrogen-bond donors (Lipinski definition) is 1. The molecule has 0 bridgehead atoms. The topological polar surface area (TPSA) is 43.8 Å². The van der Waals surface area contributed by atoms with Gasteiger partial charge in [0, 0.05) is 27.1 Å². The van der Waals surface area contributed by atoms with Crippen LogP contribution < -0.4 is 0 Å². The molecule has 0 unspecified atom stereocenters. The molecule has 0 atom stereocenters. The predicted octanol–water partition coefficient (Wildman–Crippen LogP) is 0.169. The maximum atomic E-state index is 11.1. The molecule has 0 aliphatic carbocycles. The molecule has 0 spiro atoms. The summed E-state index contributed by atoms with van der Waals surface area (Å²) in [6.07, 6.45) is 2.27. The lowest BCUT2D eigenvalue weighted by Gasteiger charge is -2.33. The molecule has 1 rings (SSSR count). The molecule has 15 heavy (non-hydrogen) atoms. The molecule has 1 saturated heterocycles. The highest BCUT2D eigenvalue weighted by atomic mass is 16.3. The van der Waals surface area contributed by atoms with Crippen molar-refractivity contribution in [2.45, 2.75) is 19.8 Å². The number of carbonyl (C=O) groups excluding carboxylic acids is 1. The number of carbonyl (C=O) groups is 1. The molecule has 1 fully saturated rings. The lowest BCUT2D eigenvalue weighted by atomic mass is 9.96. The number of likely N-dealkylation sites (tertiary alicyclic amines) is 1. The van der Waals surface area contributed by atoms with Gasteiger partial charge in [0.05, 0.1) is 6.61 Å². The van der Waals surface area contributed by atoms with Crippen LogP contribution in [0.1, 0.15) is 19.8 Å². The van der Waals surface area contributed by atoms with Crippen LogP contribution in [0.4, 0.5) is 0 Å². The summed E-state index contributed by atoms with van der Waals surface area (Å²) in [5, 5.41) is 8.81. The van der Waals surface area contributed by atoms with Gasteiger partial charge < -0.3 is 14.9 Å². The van der Waals surface area contributed by atoms with Crippen LogP contribution in [0.2, 0.25) is 0 Å². The first kappa shape index (κ1) is 12.5. The molecule has 1 aliphatic heterocycles. The summed E-state index contributed by atoms with van der Waals surface area (Å²) in [6, 6.07) is 0. The summed E-state index contributed by atoms with van der Waals surface area (Å²) in [7, 11) is 1.86. The Kier molecular flexibility index (Phi) is 5.05. The second-order valence-electron chi connectivity index (χ2n) is 4.41. The average Bonchev–Trinajstić information content (AvgIpc) is 2.21. The molecule has 88 valence electrons. The van der Waals surface area contributed by atoms with E-state index in [1.807, 2.05) is 7.05 Å². The maximum Gasteiger partial charge on any atom is 0.219 e. The molecule has 1 heterocycles. The summed E-state index contributed by atoms with van der Waals surface area (Å²) in [6.45, 7) is 5.63. The smallest absolute Gasteiger partial charge is 0.219 e. The third-order valence-corrected chi connectivity index (χ3v) is 3.19. The number of rotatable bonds is 4. The van der Waals surface area contributed by atoms with E-state index >= 15 is 0 Å². The van der Waals surface area contributed by atoms with Crippen LogP contribution in [0.25, 0.3) is 0 Å². The highest BCUT2D eigenvalue weighted by Crippen LogP contribution is 2.17. The van der Waals surface area contributed by atoms with Crippen LogP contribution in [0, 0.1) is 5.92 Å². The van der Waals surface area contributed by atoms with E-state index < -0.39 is 0 Å². The normalized spacial score (nSPS) is 19.1. The first-order chi connectivity index (χ1) is 7.13. The second kappa shape index (κ2) is 6.08. The van der Waals surface area contributed by atoms with Crippen LogP contribution in [0.3, 0.4) is 0 Å². The number of amides is 1.